The number of rotatable bonds is 3. The van der Waals surface area contributed by atoms with E-state index in [0.29, 0.717) is 4.90 Å². The Bertz CT molecular complexity index is 743. The van der Waals surface area contributed by atoms with Crippen LogP contribution in [-0.4, -0.2) is 23.3 Å². The van der Waals surface area contributed by atoms with Gasteiger partial charge in [0.2, 0.25) is 0 Å². The molecule has 2 aromatic rings. The highest BCUT2D eigenvalue weighted by Crippen LogP contribution is 2.43. The first kappa shape index (κ1) is 17.1. The van der Waals surface area contributed by atoms with Crippen LogP contribution in [0.5, 0.6) is 0 Å². The Kier molecular flexibility index (Phi) is 4.50. The van der Waals surface area contributed by atoms with Crippen molar-refractivity contribution in [2.45, 2.75) is 11.9 Å². The fraction of sp³-hybridized carbons (Fsp3) is 0.200. The first-order chi connectivity index (χ1) is 10.7. The van der Waals surface area contributed by atoms with Gasteiger partial charge in [-0.25, -0.2) is 0 Å². The molecular formula is C15H11ClF3N3O. The van der Waals surface area contributed by atoms with Crippen molar-refractivity contribution in [3.05, 3.63) is 58.9 Å². The summed E-state index contributed by atoms with van der Waals surface area (Å²) in [6.45, 7) is 0. The Balaban J connectivity index is 2.58. The summed E-state index contributed by atoms with van der Waals surface area (Å²) in [6.07, 6.45) is -2.65. The normalized spacial score (nSPS) is 14.0. The zero-order chi connectivity index (χ0) is 17.3. The van der Waals surface area contributed by atoms with Crippen LogP contribution in [-0.2, 0) is 5.72 Å². The largest absolute Gasteiger partial charge is 0.441 e. The van der Waals surface area contributed by atoms with E-state index in [-0.39, 0.29) is 16.3 Å². The summed E-state index contributed by atoms with van der Waals surface area (Å²) in [5.41, 5.74) is -3.68. The molecule has 120 valence electrons. The van der Waals surface area contributed by atoms with Crippen molar-refractivity contribution in [3.8, 4) is 6.07 Å². The molecular weight excluding hydrogens is 331 g/mol. The monoisotopic (exact) mass is 341 g/mol. The van der Waals surface area contributed by atoms with Gasteiger partial charge in [0, 0.05) is 23.8 Å². The van der Waals surface area contributed by atoms with Crippen LogP contribution in [0.1, 0.15) is 11.1 Å². The fourth-order valence-electron chi connectivity index (χ4n) is 2.09. The summed E-state index contributed by atoms with van der Waals surface area (Å²) in [6, 6.07) is 7.69. The lowest BCUT2D eigenvalue weighted by molar-refractivity contribution is -0.265. The minimum atomic E-state index is -5.00. The molecule has 2 rings (SSSR count). The topological polar surface area (TPSA) is 60.2 Å². The van der Waals surface area contributed by atoms with Crippen molar-refractivity contribution in [1.82, 2.24) is 4.98 Å². The van der Waals surface area contributed by atoms with Crippen molar-refractivity contribution >= 4 is 17.3 Å². The second kappa shape index (κ2) is 6.07. The summed E-state index contributed by atoms with van der Waals surface area (Å²) in [5, 5.41) is 19.5. The average Bonchev–Trinajstić information content (AvgIpc) is 2.53. The Hall–Kier alpha value is -2.30. The summed E-state index contributed by atoms with van der Waals surface area (Å²) in [5.74, 6) is 0. The fourth-order valence-corrected chi connectivity index (χ4v) is 2.21. The third-order valence-electron chi connectivity index (χ3n) is 3.37. The van der Waals surface area contributed by atoms with Gasteiger partial charge in [0.05, 0.1) is 17.4 Å². The molecule has 0 saturated carbocycles. The maximum Gasteiger partial charge on any atom is 0.441 e. The van der Waals surface area contributed by atoms with Crippen LogP contribution in [0.25, 0.3) is 0 Å². The molecule has 0 aliphatic rings. The SMILES string of the molecule is CN(c1cncc(C#N)c1)C(O)(c1ccc(Cl)cc1)C(F)(F)F. The average molecular weight is 342 g/mol. The lowest BCUT2D eigenvalue weighted by atomic mass is 10.00. The molecule has 8 heteroatoms. The maximum atomic E-state index is 13.6. The predicted octanol–water partition coefficient (Wildman–Crippen LogP) is 3.45. The van der Waals surface area contributed by atoms with Crippen molar-refractivity contribution in [3.63, 3.8) is 0 Å². The number of hydrogen-bond donors (Lipinski definition) is 1. The molecule has 0 aliphatic carbocycles. The van der Waals surface area contributed by atoms with E-state index in [4.69, 9.17) is 16.9 Å². The Morgan fingerprint density at radius 1 is 1.22 bits per heavy atom. The molecule has 4 nitrogen and oxygen atoms in total. The minimum absolute atomic E-state index is 0.0566. The standard InChI is InChI=1S/C15H11ClF3N3O/c1-22(13-6-10(7-20)8-21-9-13)14(23,15(17,18)19)11-2-4-12(16)5-3-11/h2-6,8-9,23H,1H3. The summed E-state index contributed by atoms with van der Waals surface area (Å²) in [4.78, 5) is 4.33. The third kappa shape index (κ3) is 3.09. The van der Waals surface area contributed by atoms with Crippen LogP contribution < -0.4 is 4.90 Å². The van der Waals surface area contributed by atoms with Gasteiger partial charge in [-0.05, 0) is 18.2 Å². The van der Waals surface area contributed by atoms with Crippen molar-refractivity contribution in [2.24, 2.45) is 0 Å². The predicted molar refractivity (Wildman–Crippen MR) is 78.8 cm³/mol. The van der Waals surface area contributed by atoms with E-state index < -0.39 is 17.5 Å². The first-order valence-corrected chi connectivity index (χ1v) is 6.72. The van der Waals surface area contributed by atoms with E-state index in [9.17, 15) is 18.3 Å². The van der Waals surface area contributed by atoms with Gasteiger partial charge in [0.15, 0.2) is 0 Å². The molecule has 0 bridgehead atoms. The molecule has 23 heavy (non-hydrogen) atoms. The molecule has 1 aromatic carbocycles. The van der Waals surface area contributed by atoms with Gasteiger partial charge in [-0.1, -0.05) is 23.7 Å². The Labute approximate surface area is 135 Å². The second-order valence-electron chi connectivity index (χ2n) is 4.78. The van der Waals surface area contributed by atoms with Crippen LogP contribution in [0.3, 0.4) is 0 Å². The molecule has 1 heterocycles. The highest BCUT2D eigenvalue weighted by atomic mass is 35.5. The van der Waals surface area contributed by atoms with Crippen LogP contribution in [0.2, 0.25) is 5.02 Å². The Morgan fingerprint density at radius 2 is 1.83 bits per heavy atom. The quantitative estimate of drug-likeness (QED) is 0.869. The Morgan fingerprint density at radius 3 is 2.35 bits per heavy atom. The third-order valence-corrected chi connectivity index (χ3v) is 3.62. The number of aromatic nitrogens is 1. The zero-order valence-corrected chi connectivity index (χ0v) is 12.6. The van der Waals surface area contributed by atoms with Crippen LogP contribution in [0.15, 0.2) is 42.7 Å². The number of anilines is 1. The number of hydrogen-bond acceptors (Lipinski definition) is 4. The minimum Gasteiger partial charge on any atom is -0.360 e. The van der Waals surface area contributed by atoms with Crippen molar-refractivity contribution in [2.75, 3.05) is 11.9 Å². The van der Waals surface area contributed by atoms with Crippen molar-refractivity contribution < 1.29 is 18.3 Å². The van der Waals surface area contributed by atoms with Gasteiger partial charge in [-0.3, -0.25) is 4.98 Å². The number of halogens is 4. The van der Waals surface area contributed by atoms with Crippen LogP contribution in [0, 0.1) is 11.3 Å². The molecule has 1 N–H and O–H groups in total. The number of alkyl halides is 3. The number of benzene rings is 1. The lowest BCUT2D eigenvalue weighted by Gasteiger charge is -2.40. The molecule has 0 fully saturated rings. The molecule has 1 aromatic heterocycles. The summed E-state index contributed by atoms with van der Waals surface area (Å²) < 4.78 is 40.8. The summed E-state index contributed by atoms with van der Waals surface area (Å²) >= 11 is 5.69. The number of pyridine rings is 1. The molecule has 0 spiro atoms. The van der Waals surface area contributed by atoms with Crippen LogP contribution >= 0.6 is 11.6 Å². The van der Waals surface area contributed by atoms with Gasteiger partial charge < -0.3 is 10.0 Å². The molecule has 0 saturated heterocycles. The van der Waals surface area contributed by atoms with Gasteiger partial charge in [0.1, 0.15) is 6.07 Å². The van der Waals surface area contributed by atoms with Gasteiger partial charge in [-0.15, -0.1) is 0 Å². The molecule has 1 atom stereocenters. The van der Waals surface area contributed by atoms with Gasteiger partial charge in [-0.2, -0.15) is 18.4 Å². The maximum absolute atomic E-state index is 13.6. The first-order valence-electron chi connectivity index (χ1n) is 6.34. The molecule has 1 unspecified atom stereocenters. The van der Waals surface area contributed by atoms with Gasteiger partial charge in [0.25, 0.3) is 5.72 Å². The molecule has 0 aliphatic heterocycles. The second-order valence-corrected chi connectivity index (χ2v) is 5.22. The number of aliphatic hydroxyl groups is 1. The van der Waals surface area contributed by atoms with Crippen molar-refractivity contribution in [1.29, 1.82) is 5.26 Å². The van der Waals surface area contributed by atoms with E-state index in [0.717, 1.165) is 25.4 Å². The highest BCUT2D eigenvalue weighted by molar-refractivity contribution is 6.30. The smallest absolute Gasteiger partial charge is 0.360 e. The molecule has 0 amide bonds. The van der Waals surface area contributed by atoms with E-state index in [2.05, 4.69) is 4.98 Å². The zero-order valence-electron chi connectivity index (χ0n) is 11.8. The van der Waals surface area contributed by atoms with E-state index in [1.54, 1.807) is 6.07 Å². The highest BCUT2D eigenvalue weighted by Gasteiger charge is 2.58. The van der Waals surface area contributed by atoms with E-state index in [1.807, 2.05) is 0 Å². The van der Waals surface area contributed by atoms with E-state index in [1.165, 1.54) is 24.4 Å². The number of nitrogens with zero attached hydrogens (tertiary/aromatic N) is 3. The summed E-state index contributed by atoms with van der Waals surface area (Å²) in [7, 11) is 1.07. The van der Waals surface area contributed by atoms with Gasteiger partial charge >= 0.3 is 6.18 Å². The molecule has 0 radical (unpaired) electrons. The van der Waals surface area contributed by atoms with Crippen LogP contribution in [0.4, 0.5) is 18.9 Å². The lowest BCUT2D eigenvalue weighted by Crippen LogP contribution is -2.55. The van der Waals surface area contributed by atoms with E-state index >= 15 is 0 Å². The number of nitriles is 1.